The lowest BCUT2D eigenvalue weighted by atomic mass is 9.94. The van der Waals surface area contributed by atoms with E-state index in [1.807, 2.05) is 13.0 Å². The molecule has 23 heavy (non-hydrogen) atoms. The molecule has 2 heterocycles. The van der Waals surface area contributed by atoms with Gasteiger partial charge in [-0.15, -0.1) is 0 Å². The van der Waals surface area contributed by atoms with Gasteiger partial charge in [0.05, 0.1) is 6.04 Å². The summed E-state index contributed by atoms with van der Waals surface area (Å²) < 4.78 is 0. The Labute approximate surface area is 138 Å². The van der Waals surface area contributed by atoms with Crippen LogP contribution in [0.15, 0.2) is 12.3 Å². The zero-order valence-electron chi connectivity index (χ0n) is 14.5. The molecular weight excluding hydrogens is 288 g/mol. The van der Waals surface area contributed by atoms with Gasteiger partial charge in [-0.1, -0.05) is 0 Å². The second-order valence-electron chi connectivity index (χ2n) is 7.28. The number of carbonyl (C=O) groups excluding carboxylic acids is 1. The summed E-state index contributed by atoms with van der Waals surface area (Å²) in [5.74, 6) is 1.61. The summed E-state index contributed by atoms with van der Waals surface area (Å²) >= 11 is 0. The highest BCUT2D eigenvalue weighted by molar-refractivity contribution is 5.79. The third-order valence-electron chi connectivity index (χ3n) is 5.11. The first-order chi connectivity index (χ1) is 11.0. The van der Waals surface area contributed by atoms with Gasteiger partial charge in [-0.3, -0.25) is 4.79 Å². The highest BCUT2D eigenvalue weighted by atomic mass is 16.2. The lowest BCUT2D eigenvalue weighted by molar-refractivity contribution is -0.127. The summed E-state index contributed by atoms with van der Waals surface area (Å²) in [6, 6.07) is 2.46. The molecule has 1 aliphatic heterocycles. The number of amides is 1. The summed E-state index contributed by atoms with van der Waals surface area (Å²) in [5.41, 5.74) is 0.958. The Bertz CT molecular complexity index is 548. The summed E-state index contributed by atoms with van der Waals surface area (Å²) in [7, 11) is 0. The molecule has 1 aromatic rings. The molecule has 0 bridgehead atoms. The Hall–Kier alpha value is -1.49. The molecule has 2 fully saturated rings. The fourth-order valence-electron chi connectivity index (χ4n) is 3.39. The highest BCUT2D eigenvalue weighted by Crippen LogP contribution is 2.40. The van der Waals surface area contributed by atoms with Crippen LogP contribution in [0.4, 0.5) is 0 Å². The summed E-state index contributed by atoms with van der Waals surface area (Å²) in [5, 5.41) is 3.25. The predicted octanol–water partition coefficient (Wildman–Crippen LogP) is 2.47. The van der Waals surface area contributed by atoms with Crippen LogP contribution in [0.3, 0.4) is 0 Å². The maximum atomic E-state index is 12.7. The van der Waals surface area contributed by atoms with Gasteiger partial charge in [-0.2, -0.15) is 0 Å². The summed E-state index contributed by atoms with van der Waals surface area (Å²) in [4.78, 5) is 24.1. The topological polar surface area (TPSA) is 58.1 Å². The maximum absolute atomic E-state index is 12.7. The maximum Gasteiger partial charge on any atom is 0.223 e. The molecule has 1 aromatic heterocycles. The Morgan fingerprint density at radius 3 is 2.52 bits per heavy atom. The molecule has 2 aliphatic rings. The Morgan fingerprint density at radius 2 is 1.96 bits per heavy atom. The molecule has 1 atom stereocenters. The lowest BCUT2D eigenvalue weighted by Crippen LogP contribution is -2.44. The normalized spacial score (nSPS) is 21.4. The van der Waals surface area contributed by atoms with Crippen LogP contribution < -0.4 is 5.32 Å². The number of carbonyl (C=O) groups is 1. The standard InChI is InChI=1S/C18H28N4O/c1-12(2)22-10-7-15(8-11-22)18(23)21-16(14-4-5-14)17-19-9-6-13(3)20-17/h6,9,12,14-16H,4-5,7-8,10-11H2,1-3H3,(H,21,23)/t16-/m1/s1. The highest BCUT2D eigenvalue weighted by Gasteiger charge is 2.37. The van der Waals surface area contributed by atoms with Crippen LogP contribution in [0.1, 0.15) is 57.1 Å². The average molecular weight is 316 g/mol. The number of nitrogens with zero attached hydrogens (tertiary/aromatic N) is 3. The third kappa shape index (κ3) is 4.08. The number of rotatable bonds is 5. The first-order valence-corrected chi connectivity index (χ1v) is 8.88. The van der Waals surface area contributed by atoms with Gasteiger partial charge in [0, 0.05) is 23.9 Å². The number of aryl methyl sites for hydroxylation is 1. The molecule has 1 N–H and O–H groups in total. The molecule has 126 valence electrons. The number of nitrogens with one attached hydrogen (secondary N) is 1. The molecule has 3 rings (SSSR count). The van der Waals surface area contributed by atoms with Gasteiger partial charge in [-0.05, 0) is 71.5 Å². The van der Waals surface area contributed by atoms with Crippen LogP contribution in [0.25, 0.3) is 0 Å². The zero-order valence-corrected chi connectivity index (χ0v) is 14.5. The lowest BCUT2D eigenvalue weighted by Gasteiger charge is -2.34. The molecule has 0 unspecified atom stereocenters. The van der Waals surface area contributed by atoms with Crippen molar-refractivity contribution in [2.75, 3.05) is 13.1 Å². The predicted molar refractivity (Wildman–Crippen MR) is 89.8 cm³/mol. The molecular formula is C18H28N4O. The Balaban J connectivity index is 1.61. The van der Waals surface area contributed by atoms with Crippen LogP contribution >= 0.6 is 0 Å². The molecule has 1 amide bonds. The van der Waals surface area contributed by atoms with Crippen LogP contribution in [0.2, 0.25) is 0 Å². The van der Waals surface area contributed by atoms with E-state index in [2.05, 4.69) is 34.0 Å². The molecule has 0 spiro atoms. The van der Waals surface area contributed by atoms with Crippen molar-refractivity contribution in [1.82, 2.24) is 20.2 Å². The Morgan fingerprint density at radius 1 is 1.26 bits per heavy atom. The SMILES string of the molecule is Cc1ccnc([C@H](NC(=O)C2CCN(C(C)C)CC2)C2CC2)n1. The van der Waals surface area contributed by atoms with E-state index in [4.69, 9.17) is 0 Å². The van der Waals surface area contributed by atoms with Gasteiger partial charge >= 0.3 is 0 Å². The largest absolute Gasteiger partial charge is 0.346 e. The van der Waals surface area contributed by atoms with E-state index in [1.54, 1.807) is 6.20 Å². The molecule has 5 nitrogen and oxygen atoms in total. The van der Waals surface area contributed by atoms with Crippen LogP contribution in [0, 0.1) is 18.8 Å². The molecule has 5 heteroatoms. The number of hydrogen-bond donors (Lipinski definition) is 1. The molecule has 0 radical (unpaired) electrons. The second-order valence-corrected chi connectivity index (χ2v) is 7.28. The third-order valence-corrected chi connectivity index (χ3v) is 5.11. The smallest absolute Gasteiger partial charge is 0.223 e. The minimum atomic E-state index is -0.00877. The van der Waals surface area contributed by atoms with Crippen molar-refractivity contribution >= 4 is 5.91 Å². The number of likely N-dealkylation sites (tertiary alicyclic amines) is 1. The fourth-order valence-corrected chi connectivity index (χ4v) is 3.39. The average Bonchev–Trinajstić information content (AvgIpc) is 3.37. The zero-order chi connectivity index (χ0) is 16.4. The van der Waals surface area contributed by atoms with Crippen LogP contribution in [-0.2, 0) is 4.79 Å². The fraction of sp³-hybridized carbons (Fsp3) is 0.722. The van der Waals surface area contributed by atoms with Gasteiger partial charge in [0.2, 0.25) is 5.91 Å². The van der Waals surface area contributed by atoms with Crippen molar-refractivity contribution in [2.24, 2.45) is 11.8 Å². The monoisotopic (exact) mass is 316 g/mol. The number of hydrogen-bond acceptors (Lipinski definition) is 4. The molecule has 1 saturated carbocycles. The quantitative estimate of drug-likeness (QED) is 0.906. The van der Waals surface area contributed by atoms with Crippen LogP contribution in [-0.4, -0.2) is 39.9 Å². The van der Waals surface area contributed by atoms with Gasteiger partial charge < -0.3 is 10.2 Å². The van der Waals surface area contributed by atoms with E-state index in [-0.39, 0.29) is 17.9 Å². The Kier molecular flexibility index (Phi) is 4.95. The van der Waals surface area contributed by atoms with Crippen molar-refractivity contribution in [3.8, 4) is 0 Å². The number of aromatic nitrogens is 2. The second kappa shape index (κ2) is 6.95. The van der Waals surface area contributed by atoms with Gasteiger partial charge in [0.15, 0.2) is 5.82 Å². The van der Waals surface area contributed by atoms with E-state index >= 15 is 0 Å². The van der Waals surface area contributed by atoms with E-state index in [0.717, 1.165) is 50.3 Å². The van der Waals surface area contributed by atoms with Crippen molar-refractivity contribution in [3.63, 3.8) is 0 Å². The minimum Gasteiger partial charge on any atom is -0.346 e. The van der Waals surface area contributed by atoms with Gasteiger partial charge in [0.25, 0.3) is 0 Å². The first kappa shape index (κ1) is 16.4. The summed E-state index contributed by atoms with van der Waals surface area (Å²) in [6.45, 7) is 8.45. The first-order valence-electron chi connectivity index (χ1n) is 8.88. The van der Waals surface area contributed by atoms with Crippen molar-refractivity contribution in [3.05, 3.63) is 23.8 Å². The molecule has 1 saturated heterocycles. The van der Waals surface area contributed by atoms with Gasteiger partial charge in [0.1, 0.15) is 0 Å². The van der Waals surface area contributed by atoms with Crippen LogP contribution in [0.5, 0.6) is 0 Å². The van der Waals surface area contributed by atoms with E-state index < -0.39 is 0 Å². The molecule has 1 aliphatic carbocycles. The summed E-state index contributed by atoms with van der Waals surface area (Å²) in [6.07, 6.45) is 6.02. The molecule has 0 aromatic carbocycles. The van der Waals surface area contributed by atoms with E-state index in [1.165, 1.54) is 0 Å². The number of piperidine rings is 1. The minimum absolute atomic E-state index is 0.00877. The van der Waals surface area contributed by atoms with E-state index in [9.17, 15) is 4.79 Å². The van der Waals surface area contributed by atoms with E-state index in [0.29, 0.717) is 12.0 Å². The van der Waals surface area contributed by atoms with Crippen molar-refractivity contribution in [1.29, 1.82) is 0 Å². The van der Waals surface area contributed by atoms with Crippen molar-refractivity contribution in [2.45, 2.75) is 58.5 Å². The van der Waals surface area contributed by atoms with Crippen molar-refractivity contribution < 1.29 is 4.79 Å². The van der Waals surface area contributed by atoms with Gasteiger partial charge in [-0.25, -0.2) is 9.97 Å².